The highest BCUT2D eigenvalue weighted by Gasteiger charge is 2.06. The van der Waals surface area contributed by atoms with Crippen LogP contribution in [0.5, 0.6) is 5.75 Å². The van der Waals surface area contributed by atoms with Gasteiger partial charge in [-0.05, 0) is 47.2 Å². The first-order valence-electron chi connectivity index (χ1n) is 8.00. The van der Waals surface area contributed by atoms with Crippen LogP contribution in [0, 0.1) is 5.82 Å². The van der Waals surface area contributed by atoms with Crippen LogP contribution in [0.1, 0.15) is 16.7 Å². The van der Waals surface area contributed by atoms with Crippen LogP contribution in [0.4, 0.5) is 4.39 Å². The Morgan fingerprint density at radius 1 is 1.12 bits per heavy atom. The van der Waals surface area contributed by atoms with Crippen molar-refractivity contribution in [1.29, 1.82) is 0 Å². The average molecular weight is 361 g/mol. The van der Waals surface area contributed by atoms with Crippen molar-refractivity contribution < 1.29 is 9.13 Å². The fourth-order valence-electron chi connectivity index (χ4n) is 2.42. The van der Waals surface area contributed by atoms with E-state index >= 15 is 0 Å². The highest BCUT2D eigenvalue weighted by molar-refractivity contribution is 7.97. The van der Waals surface area contributed by atoms with E-state index in [4.69, 9.17) is 4.74 Å². The zero-order valence-electron chi connectivity index (χ0n) is 14.8. The maximum atomic E-state index is 13.4. The molecule has 0 spiro atoms. The molecule has 0 heterocycles. The molecule has 0 saturated heterocycles. The summed E-state index contributed by atoms with van der Waals surface area (Å²) in [6, 6.07) is 12.8. The molecule has 134 valence electrons. The number of nitrogens with zero attached hydrogens (tertiary/aromatic N) is 1. The standard InChI is InChI=1S/C19H24FN3OS/c1-21-19(22-11-14-5-4-6-18(9-14)24-2)23-12-15-7-8-17(20)10-16(15)13-25-3/h4-10H,11-13H2,1-3H3,(H2,21,22,23). The fraction of sp³-hybridized carbons (Fsp3) is 0.316. The molecule has 0 bridgehead atoms. The Morgan fingerprint density at radius 2 is 1.92 bits per heavy atom. The largest absolute Gasteiger partial charge is 0.497 e. The van der Waals surface area contributed by atoms with Crippen molar-refractivity contribution in [2.45, 2.75) is 18.8 Å². The van der Waals surface area contributed by atoms with E-state index in [9.17, 15) is 4.39 Å². The lowest BCUT2D eigenvalue weighted by Crippen LogP contribution is -2.36. The number of thioether (sulfide) groups is 1. The summed E-state index contributed by atoms with van der Waals surface area (Å²) in [7, 11) is 3.39. The number of guanidine groups is 1. The Balaban J connectivity index is 1.94. The number of rotatable bonds is 7. The third-order valence-electron chi connectivity index (χ3n) is 3.73. The number of halogens is 1. The van der Waals surface area contributed by atoms with E-state index in [0.717, 1.165) is 28.2 Å². The molecule has 2 N–H and O–H groups in total. The molecule has 0 aliphatic carbocycles. The van der Waals surface area contributed by atoms with E-state index in [2.05, 4.69) is 15.6 Å². The van der Waals surface area contributed by atoms with Gasteiger partial charge in [-0.3, -0.25) is 4.99 Å². The van der Waals surface area contributed by atoms with E-state index in [0.29, 0.717) is 19.0 Å². The molecule has 25 heavy (non-hydrogen) atoms. The molecule has 6 heteroatoms. The van der Waals surface area contributed by atoms with Crippen LogP contribution in [0.3, 0.4) is 0 Å². The summed E-state index contributed by atoms with van der Waals surface area (Å²) in [5, 5.41) is 6.55. The number of benzene rings is 2. The summed E-state index contributed by atoms with van der Waals surface area (Å²) in [6.45, 7) is 1.23. The molecule has 2 rings (SSSR count). The monoisotopic (exact) mass is 361 g/mol. The zero-order valence-corrected chi connectivity index (χ0v) is 15.6. The molecule has 0 aliphatic rings. The molecule has 0 radical (unpaired) electrons. The minimum absolute atomic E-state index is 0.201. The first kappa shape index (κ1) is 19.1. The molecule has 0 fully saturated rings. The molecular weight excluding hydrogens is 337 g/mol. The molecule has 2 aromatic carbocycles. The lowest BCUT2D eigenvalue weighted by Gasteiger charge is -2.14. The Labute approximate surface area is 152 Å². The SMILES string of the molecule is CN=C(NCc1cccc(OC)c1)NCc1ccc(F)cc1CSC. The van der Waals surface area contributed by atoms with Crippen molar-refractivity contribution in [3.63, 3.8) is 0 Å². The number of aliphatic imine (C=N–C) groups is 1. The van der Waals surface area contributed by atoms with E-state index in [1.54, 1.807) is 32.0 Å². The van der Waals surface area contributed by atoms with E-state index < -0.39 is 0 Å². The van der Waals surface area contributed by atoms with Crippen LogP contribution >= 0.6 is 11.8 Å². The lowest BCUT2D eigenvalue weighted by atomic mass is 10.1. The Kier molecular flexibility index (Phi) is 7.60. The second-order valence-electron chi connectivity index (χ2n) is 5.48. The number of nitrogens with one attached hydrogen (secondary N) is 2. The normalized spacial score (nSPS) is 11.3. The maximum absolute atomic E-state index is 13.4. The highest BCUT2D eigenvalue weighted by Crippen LogP contribution is 2.16. The van der Waals surface area contributed by atoms with E-state index in [1.807, 2.05) is 36.6 Å². The van der Waals surface area contributed by atoms with Gasteiger partial charge < -0.3 is 15.4 Å². The Bertz CT molecular complexity index is 722. The first-order chi connectivity index (χ1) is 12.2. The smallest absolute Gasteiger partial charge is 0.191 e. The molecule has 0 aliphatic heterocycles. The number of methoxy groups -OCH3 is 1. The van der Waals surface area contributed by atoms with Gasteiger partial charge in [-0.25, -0.2) is 4.39 Å². The lowest BCUT2D eigenvalue weighted by molar-refractivity contribution is 0.414. The highest BCUT2D eigenvalue weighted by atomic mass is 32.2. The van der Waals surface area contributed by atoms with Crippen molar-refractivity contribution in [3.05, 3.63) is 65.0 Å². The molecule has 0 unspecified atom stereocenters. The zero-order chi connectivity index (χ0) is 18.1. The molecule has 0 saturated carbocycles. The number of ether oxygens (including phenoxy) is 1. The number of hydrogen-bond acceptors (Lipinski definition) is 3. The Hall–Kier alpha value is -2.21. The fourth-order valence-corrected chi connectivity index (χ4v) is 3.00. The van der Waals surface area contributed by atoms with Gasteiger partial charge in [-0.1, -0.05) is 18.2 Å². The predicted molar refractivity (Wildman–Crippen MR) is 104 cm³/mol. The van der Waals surface area contributed by atoms with Gasteiger partial charge in [0.1, 0.15) is 11.6 Å². The second kappa shape index (κ2) is 9.93. The van der Waals surface area contributed by atoms with Gasteiger partial charge in [0, 0.05) is 25.9 Å². The molecule has 0 amide bonds. The molecular formula is C19H24FN3OS. The minimum atomic E-state index is -0.201. The first-order valence-corrected chi connectivity index (χ1v) is 9.39. The van der Waals surface area contributed by atoms with Crippen molar-refractivity contribution in [2.75, 3.05) is 20.4 Å². The van der Waals surface area contributed by atoms with E-state index in [1.165, 1.54) is 6.07 Å². The quantitative estimate of drug-likeness (QED) is 0.585. The molecule has 4 nitrogen and oxygen atoms in total. The van der Waals surface area contributed by atoms with E-state index in [-0.39, 0.29) is 5.82 Å². The summed E-state index contributed by atoms with van der Waals surface area (Å²) in [4.78, 5) is 4.24. The van der Waals surface area contributed by atoms with Gasteiger partial charge in [0.2, 0.25) is 0 Å². The van der Waals surface area contributed by atoms with Gasteiger partial charge in [0.05, 0.1) is 7.11 Å². The van der Waals surface area contributed by atoms with Crippen LogP contribution in [0.15, 0.2) is 47.5 Å². The Morgan fingerprint density at radius 3 is 2.64 bits per heavy atom. The van der Waals surface area contributed by atoms with Crippen LogP contribution in [0.2, 0.25) is 0 Å². The summed E-state index contributed by atoms with van der Waals surface area (Å²) < 4.78 is 18.7. The third-order valence-corrected chi connectivity index (χ3v) is 4.33. The summed E-state index contributed by atoms with van der Waals surface area (Å²) in [6.07, 6.45) is 2.01. The maximum Gasteiger partial charge on any atom is 0.191 e. The van der Waals surface area contributed by atoms with Crippen molar-refractivity contribution in [3.8, 4) is 5.75 Å². The van der Waals surface area contributed by atoms with Crippen LogP contribution < -0.4 is 15.4 Å². The van der Waals surface area contributed by atoms with Gasteiger partial charge in [0.25, 0.3) is 0 Å². The van der Waals surface area contributed by atoms with Crippen LogP contribution in [0.25, 0.3) is 0 Å². The summed E-state index contributed by atoms with van der Waals surface area (Å²) in [5.74, 6) is 2.11. The molecule has 0 aromatic heterocycles. The van der Waals surface area contributed by atoms with Gasteiger partial charge in [-0.2, -0.15) is 11.8 Å². The van der Waals surface area contributed by atoms with Gasteiger partial charge >= 0.3 is 0 Å². The van der Waals surface area contributed by atoms with Crippen molar-refractivity contribution in [1.82, 2.24) is 10.6 Å². The molecule has 0 atom stereocenters. The minimum Gasteiger partial charge on any atom is -0.497 e. The van der Waals surface area contributed by atoms with Crippen molar-refractivity contribution >= 4 is 17.7 Å². The predicted octanol–water partition coefficient (Wildman–Crippen LogP) is 3.56. The molecule has 2 aromatic rings. The number of hydrogen-bond donors (Lipinski definition) is 2. The summed E-state index contributed by atoms with van der Waals surface area (Å²) in [5.41, 5.74) is 3.18. The van der Waals surface area contributed by atoms with Crippen LogP contribution in [-0.4, -0.2) is 26.4 Å². The second-order valence-corrected chi connectivity index (χ2v) is 6.34. The third kappa shape index (κ3) is 5.98. The summed E-state index contributed by atoms with van der Waals surface area (Å²) >= 11 is 1.68. The average Bonchev–Trinajstić information content (AvgIpc) is 2.63. The van der Waals surface area contributed by atoms with Gasteiger partial charge in [0.15, 0.2) is 5.96 Å². The van der Waals surface area contributed by atoms with Gasteiger partial charge in [-0.15, -0.1) is 0 Å². The topological polar surface area (TPSA) is 45.7 Å². The van der Waals surface area contributed by atoms with Crippen molar-refractivity contribution in [2.24, 2.45) is 4.99 Å². The van der Waals surface area contributed by atoms with Crippen LogP contribution in [-0.2, 0) is 18.8 Å².